The predicted molar refractivity (Wildman–Crippen MR) is 75.1 cm³/mol. The first-order valence-electron chi connectivity index (χ1n) is 6.25. The summed E-state index contributed by atoms with van der Waals surface area (Å²) in [7, 11) is 1.72. The average molecular weight is 284 g/mol. The van der Waals surface area contributed by atoms with Crippen LogP contribution in [0.1, 0.15) is 25.3 Å². The van der Waals surface area contributed by atoms with Crippen LogP contribution in [-0.2, 0) is 16.1 Å². The van der Waals surface area contributed by atoms with Gasteiger partial charge in [-0.3, -0.25) is 14.9 Å². The molecule has 1 unspecified atom stereocenters. The minimum atomic E-state index is -0.907. The Morgan fingerprint density at radius 1 is 1.53 bits per heavy atom. The number of carboxylic acids is 1. The molecule has 0 saturated carbocycles. The molecule has 1 atom stereocenters. The summed E-state index contributed by atoms with van der Waals surface area (Å²) in [5.41, 5.74) is 1.09. The van der Waals surface area contributed by atoms with Crippen LogP contribution in [0.4, 0.5) is 0 Å². The molecule has 19 heavy (non-hydrogen) atoms. The molecule has 0 bridgehead atoms. The lowest BCUT2D eigenvalue weighted by atomic mass is 10.1. The van der Waals surface area contributed by atoms with Gasteiger partial charge < -0.3 is 10.0 Å². The van der Waals surface area contributed by atoms with Crippen LogP contribution in [0.2, 0.25) is 0 Å². The zero-order chi connectivity index (χ0) is 14.3. The molecule has 0 radical (unpaired) electrons. The van der Waals surface area contributed by atoms with Gasteiger partial charge in [-0.05, 0) is 28.8 Å². The number of carboxylic acid groups (broad SMARTS) is 1. The molecule has 0 saturated heterocycles. The van der Waals surface area contributed by atoms with Crippen molar-refractivity contribution in [3.05, 3.63) is 22.4 Å². The maximum Gasteiger partial charge on any atom is 0.320 e. The van der Waals surface area contributed by atoms with E-state index in [1.807, 2.05) is 23.8 Å². The van der Waals surface area contributed by atoms with E-state index in [1.54, 1.807) is 23.3 Å². The number of aliphatic carboxylic acids is 1. The van der Waals surface area contributed by atoms with Crippen molar-refractivity contribution in [2.45, 2.75) is 32.4 Å². The van der Waals surface area contributed by atoms with E-state index in [9.17, 15) is 9.59 Å². The Morgan fingerprint density at radius 2 is 2.26 bits per heavy atom. The summed E-state index contributed by atoms with van der Waals surface area (Å²) in [5.74, 6) is -1.01. The lowest BCUT2D eigenvalue weighted by Gasteiger charge is -2.19. The third kappa shape index (κ3) is 5.40. The molecule has 106 valence electrons. The molecule has 0 aliphatic rings. The summed E-state index contributed by atoms with van der Waals surface area (Å²) in [4.78, 5) is 24.4. The molecule has 6 heteroatoms. The molecule has 0 aliphatic heterocycles. The van der Waals surface area contributed by atoms with Crippen molar-refractivity contribution in [3.63, 3.8) is 0 Å². The van der Waals surface area contributed by atoms with E-state index in [2.05, 4.69) is 5.32 Å². The first kappa shape index (κ1) is 15.7. The van der Waals surface area contributed by atoms with Gasteiger partial charge in [0.1, 0.15) is 6.04 Å². The van der Waals surface area contributed by atoms with Crippen LogP contribution >= 0.6 is 11.3 Å². The Hall–Kier alpha value is -1.40. The molecule has 1 amide bonds. The number of carbonyl (C=O) groups is 2. The van der Waals surface area contributed by atoms with E-state index in [0.29, 0.717) is 13.0 Å². The van der Waals surface area contributed by atoms with Crippen LogP contribution in [0.3, 0.4) is 0 Å². The monoisotopic (exact) mass is 284 g/mol. The molecular weight excluding hydrogens is 264 g/mol. The second-order valence-corrected chi connectivity index (χ2v) is 5.22. The Balaban J connectivity index is 2.39. The molecule has 0 aromatic carbocycles. The molecule has 1 aromatic rings. The highest BCUT2D eigenvalue weighted by atomic mass is 32.1. The molecule has 0 fully saturated rings. The summed E-state index contributed by atoms with van der Waals surface area (Å²) < 4.78 is 0. The van der Waals surface area contributed by atoms with Gasteiger partial charge in [0.2, 0.25) is 5.91 Å². The normalized spacial score (nSPS) is 12.1. The number of hydrogen-bond acceptors (Lipinski definition) is 4. The highest BCUT2D eigenvalue weighted by Crippen LogP contribution is 2.08. The molecule has 0 spiro atoms. The zero-order valence-corrected chi connectivity index (χ0v) is 12.1. The van der Waals surface area contributed by atoms with E-state index in [-0.39, 0.29) is 12.5 Å². The summed E-state index contributed by atoms with van der Waals surface area (Å²) >= 11 is 1.59. The highest BCUT2D eigenvalue weighted by Gasteiger charge is 2.18. The maximum absolute atomic E-state index is 11.9. The fourth-order valence-corrected chi connectivity index (χ4v) is 2.35. The lowest BCUT2D eigenvalue weighted by molar-refractivity contribution is -0.140. The second-order valence-electron chi connectivity index (χ2n) is 4.44. The molecule has 2 N–H and O–H groups in total. The predicted octanol–water partition coefficient (Wildman–Crippen LogP) is 1.55. The standard InChI is InChI=1S/C13H20N2O3S/c1-3-4-11(13(17)18)14-7-12(16)15(2)8-10-5-6-19-9-10/h5-6,9,11,14H,3-4,7-8H2,1-2H3,(H,17,18). The lowest BCUT2D eigenvalue weighted by Crippen LogP contribution is -2.43. The largest absolute Gasteiger partial charge is 0.480 e. The van der Waals surface area contributed by atoms with Gasteiger partial charge in [0, 0.05) is 13.6 Å². The van der Waals surface area contributed by atoms with Gasteiger partial charge >= 0.3 is 5.97 Å². The van der Waals surface area contributed by atoms with Gasteiger partial charge in [0.05, 0.1) is 6.54 Å². The number of amides is 1. The van der Waals surface area contributed by atoms with E-state index < -0.39 is 12.0 Å². The number of likely N-dealkylation sites (N-methyl/N-ethyl adjacent to an activating group) is 1. The second kappa shape index (κ2) is 7.91. The van der Waals surface area contributed by atoms with Gasteiger partial charge in [0.25, 0.3) is 0 Å². The number of carbonyl (C=O) groups excluding carboxylic acids is 1. The minimum Gasteiger partial charge on any atom is -0.480 e. The Kier molecular flexibility index (Phi) is 6.52. The van der Waals surface area contributed by atoms with Gasteiger partial charge in [-0.1, -0.05) is 13.3 Å². The van der Waals surface area contributed by atoms with Crippen molar-refractivity contribution in [1.29, 1.82) is 0 Å². The first-order valence-corrected chi connectivity index (χ1v) is 7.20. The number of nitrogens with one attached hydrogen (secondary N) is 1. The van der Waals surface area contributed by atoms with Crippen molar-refractivity contribution in [1.82, 2.24) is 10.2 Å². The van der Waals surface area contributed by atoms with Crippen LogP contribution in [0.5, 0.6) is 0 Å². The summed E-state index contributed by atoms with van der Waals surface area (Å²) in [6.45, 7) is 2.52. The van der Waals surface area contributed by atoms with E-state index in [1.165, 1.54) is 0 Å². The molecule has 1 heterocycles. The minimum absolute atomic E-state index is 0.0532. The molecular formula is C13H20N2O3S. The van der Waals surface area contributed by atoms with E-state index in [0.717, 1.165) is 12.0 Å². The Morgan fingerprint density at radius 3 is 2.79 bits per heavy atom. The number of hydrogen-bond donors (Lipinski definition) is 2. The highest BCUT2D eigenvalue weighted by molar-refractivity contribution is 7.07. The number of nitrogens with zero attached hydrogens (tertiary/aromatic N) is 1. The number of rotatable bonds is 8. The molecule has 5 nitrogen and oxygen atoms in total. The Bertz CT molecular complexity index is 406. The van der Waals surface area contributed by atoms with E-state index in [4.69, 9.17) is 5.11 Å². The fourth-order valence-electron chi connectivity index (χ4n) is 1.69. The van der Waals surface area contributed by atoms with Crippen molar-refractivity contribution in [2.75, 3.05) is 13.6 Å². The van der Waals surface area contributed by atoms with Crippen molar-refractivity contribution in [3.8, 4) is 0 Å². The van der Waals surface area contributed by atoms with Gasteiger partial charge in [-0.2, -0.15) is 11.3 Å². The topological polar surface area (TPSA) is 69.6 Å². The molecule has 1 aromatic heterocycles. The van der Waals surface area contributed by atoms with Gasteiger partial charge in [-0.25, -0.2) is 0 Å². The number of thiophene rings is 1. The van der Waals surface area contributed by atoms with Crippen molar-refractivity contribution < 1.29 is 14.7 Å². The smallest absolute Gasteiger partial charge is 0.320 e. The quantitative estimate of drug-likeness (QED) is 0.760. The van der Waals surface area contributed by atoms with Crippen LogP contribution in [-0.4, -0.2) is 41.5 Å². The third-order valence-corrected chi connectivity index (χ3v) is 3.53. The summed E-state index contributed by atoms with van der Waals surface area (Å²) in [5, 5.41) is 15.7. The molecule has 0 aliphatic carbocycles. The fraction of sp³-hybridized carbons (Fsp3) is 0.538. The average Bonchev–Trinajstić information content (AvgIpc) is 2.86. The SMILES string of the molecule is CCCC(NCC(=O)N(C)Cc1ccsc1)C(=O)O. The third-order valence-electron chi connectivity index (χ3n) is 2.80. The summed E-state index contributed by atoms with van der Waals surface area (Å²) in [6, 6.07) is 1.32. The van der Waals surface area contributed by atoms with Crippen molar-refractivity contribution in [2.24, 2.45) is 0 Å². The summed E-state index contributed by atoms with van der Waals surface area (Å²) in [6.07, 6.45) is 1.29. The van der Waals surface area contributed by atoms with Crippen LogP contribution < -0.4 is 5.32 Å². The molecule has 1 rings (SSSR count). The maximum atomic E-state index is 11.9. The van der Waals surface area contributed by atoms with Crippen LogP contribution in [0.25, 0.3) is 0 Å². The first-order chi connectivity index (χ1) is 9.04. The van der Waals surface area contributed by atoms with Gasteiger partial charge in [0.15, 0.2) is 0 Å². The van der Waals surface area contributed by atoms with Crippen LogP contribution in [0, 0.1) is 0 Å². The Labute approximate surface area is 117 Å². The van der Waals surface area contributed by atoms with Gasteiger partial charge in [-0.15, -0.1) is 0 Å². The van der Waals surface area contributed by atoms with Crippen LogP contribution in [0.15, 0.2) is 16.8 Å². The van der Waals surface area contributed by atoms with Crippen molar-refractivity contribution >= 4 is 23.2 Å². The zero-order valence-electron chi connectivity index (χ0n) is 11.3. The van der Waals surface area contributed by atoms with E-state index >= 15 is 0 Å².